The van der Waals surface area contributed by atoms with E-state index < -0.39 is 0 Å². The summed E-state index contributed by atoms with van der Waals surface area (Å²) in [6.07, 6.45) is 3.12. The fourth-order valence-electron chi connectivity index (χ4n) is 4.36. The molecule has 32 heavy (non-hydrogen) atoms. The van der Waals surface area contributed by atoms with Gasteiger partial charge in [-0.1, -0.05) is 12.1 Å². The van der Waals surface area contributed by atoms with E-state index in [1.165, 1.54) is 12.1 Å². The van der Waals surface area contributed by atoms with Gasteiger partial charge >= 0.3 is 5.97 Å². The fourth-order valence-corrected chi connectivity index (χ4v) is 4.36. The summed E-state index contributed by atoms with van der Waals surface area (Å²) in [5.41, 5.74) is 3.17. The van der Waals surface area contributed by atoms with Crippen molar-refractivity contribution < 1.29 is 23.5 Å². The van der Waals surface area contributed by atoms with E-state index in [4.69, 9.17) is 4.74 Å². The van der Waals surface area contributed by atoms with Gasteiger partial charge in [-0.2, -0.15) is 0 Å². The number of halogens is 1. The number of esters is 1. The quantitative estimate of drug-likeness (QED) is 0.487. The minimum absolute atomic E-state index is 0.193. The Labute approximate surface area is 187 Å². The lowest BCUT2D eigenvalue weighted by molar-refractivity contribution is -0.150. The maximum Gasteiger partial charge on any atom is 0.309 e. The highest BCUT2D eigenvalue weighted by Gasteiger charge is 2.36. The van der Waals surface area contributed by atoms with Crippen molar-refractivity contribution in [3.05, 3.63) is 58.7 Å². The molecule has 1 saturated carbocycles. The van der Waals surface area contributed by atoms with E-state index in [0.717, 1.165) is 29.8 Å². The molecule has 170 valence electrons. The van der Waals surface area contributed by atoms with Crippen LogP contribution in [0.2, 0.25) is 0 Å². The summed E-state index contributed by atoms with van der Waals surface area (Å²) in [5.74, 6) is -0.749. The van der Waals surface area contributed by atoms with Gasteiger partial charge in [-0.15, -0.1) is 0 Å². The van der Waals surface area contributed by atoms with Gasteiger partial charge in [-0.25, -0.2) is 4.39 Å². The first-order chi connectivity index (χ1) is 15.3. The van der Waals surface area contributed by atoms with Gasteiger partial charge in [0.2, 0.25) is 11.7 Å². The average Bonchev–Trinajstić information content (AvgIpc) is 3.61. The van der Waals surface area contributed by atoms with Gasteiger partial charge in [0.25, 0.3) is 0 Å². The molecule has 0 spiro atoms. The molecule has 2 heterocycles. The van der Waals surface area contributed by atoms with Crippen LogP contribution in [0.1, 0.15) is 53.0 Å². The lowest BCUT2D eigenvalue weighted by Gasteiger charge is -2.31. The first-order valence-electron chi connectivity index (χ1n) is 11.2. The van der Waals surface area contributed by atoms with Crippen molar-refractivity contribution in [2.24, 2.45) is 11.8 Å². The topological polar surface area (TPSA) is 68.6 Å². The number of benzene rings is 1. The number of aromatic nitrogens is 1. The Bertz CT molecular complexity index is 1020. The predicted molar refractivity (Wildman–Crippen MR) is 117 cm³/mol. The van der Waals surface area contributed by atoms with E-state index in [1.54, 1.807) is 18.2 Å². The molecule has 0 N–H and O–H groups in total. The molecule has 0 atom stereocenters. The molecule has 1 aromatic heterocycles. The SMILES string of the molecule is Cc1cc(C(=O)COC(=O)C2CCN(C(=O)C3CC3)CC2)c(C)n1Cc1ccc(F)cc1. The minimum Gasteiger partial charge on any atom is -0.457 e. The summed E-state index contributed by atoms with van der Waals surface area (Å²) in [7, 11) is 0. The van der Waals surface area contributed by atoms with Crippen molar-refractivity contribution in [3.63, 3.8) is 0 Å². The number of amides is 1. The zero-order valence-corrected chi connectivity index (χ0v) is 18.6. The van der Waals surface area contributed by atoms with Gasteiger partial charge in [0, 0.05) is 42.5 Å². The molecular formula is C25H29FN2O4. The molecule has 0 radical (unpaired) electrons. The van der Waals surface area contributed by atoms with Crippen LogP contribution >= 0.6 is 0 Å². The number of ether oxygens (including phenoxy) is 1. The summed E-state index contributed by atoms with van der Waals surface area (Å²) in [6, 6.07) is 8.09. The van der Waals surface area contributed by atoms with E-state index in [-0.39, 0.29) is 41.9 Å². The third-order valence-corrected chi connectivity index (χ3v) is 6.54. The van der Waals surface area contributed by atoms with Gasteiger partial charge in [-0.05, 0) is 63.3 Å². The standard InChI is InChI=1S/C25H29FN2O4/c1-16-13-22(17(2)28(16)14-18-3-7-21(26)8-4-18)23(29)15-32-25(31)20-9-11-27(12-10-20)24(30)19-5-6-19/h3-4,7-8,13,19-20H,5-6,9-12,14-15H2,1-2H3. The molecule has 2 aliphatic rings. The molecule has 2 aromatic rings. The largest absolute Gasteiger partial charge is 0.457 e. The molecule has 1 saturated heterocycles. The van der Waals surface area contributed by atoms with E-state index in [2.05, 4.69) is 0 Å². The Morgan fingerprint density at radius 1 is 1.00 bits per heavy atom. The molecule has 1 aromatic carbocycles. The van der Waals surface area contributed by atoms with Crippen LogP contribution in [0.5, 0.6) is 0 Å². The third-order valence-electron chi connectivity index (χ3n) is 6.54. The second-order valence-corrected chi connectivity index (χ2v) is 8.90. The Morgan fingerprint density at radius 2 is 1.66 bits per heavy atom. The summed E-state index contributed by atoms with van der Waals surface area (Å²) >= 11 is 0. The zero-order valence-electron chi connectivity index (χ0n) is 18.6. The van der Waals surface area contributed by atoms with Crippen LogP contribution in [0.3, 0.4) is 0 Å². The average molecular weight is 441 g/mol. The highest BCUT2D eigenvalue weighted by molar-refractivity contribution is 5.99. The molecule has 0 bridgehead atoms. The van der Waals surface area contributed by atoms with Gasteiger partial charge in [0.15, 0.2) is 6.61 Å². The molecule has 6 nitrogen and oxygen atoms in total. The second kappa shape index (κ2) is 9.27. The lowest BCUT2D eigenvalue weighted by atomic mass is 9.96. The number of carbonyl (C=O) groups is 3. The molecular weight excluding hydrogens is 411 g/mol. The van der Waals surface area contributed by atoms with Crippen molar-refractivity contribution in [2.45, 2.75) is 46.1 Å². The molecule has 2 fully saturated rings. The number of hydrogen-bond acceptors (Lipinski definition) is 4. The van der Waals surface area contributed by atoms with E-state index in [9.17, 15) is 18.8 Å². The van der Waals surface area contributed by atoms with Gasteiger partial charge in [0.1, 0.15) is 5.82 Å². The van der Waals surface area contributed by atoms with Crippen molar-refractivity contribution >= 4 is 17.7 Å². The molecule has 1 aliphatic carbocycles. The van der Waals surface area contributed by atoms with Crippen LogP contribution in [0.15, 0.2) is 30.3 Å². The Morgan fingerprint density at radius 3 is 2.28 bits per heavy atom. The van der Waals surface area contributed by atoms with Gasteiger partial charge < -0.3 is 14.2 Å². The van der Waals surface area contributed by atoms with Crippen LogP contribution in [-0.4, -0.2) is 46.8 Å². The number of nitrogens with zero attached hydrogens (tertiary/aromatic N) is 2. The summed E-state index contributed by atoms with van der Waals surface area (Å²) in [4.78, 5) is 39.2. The van der Waals surface area contributed by atoms with E-state index >= 15 is 0 Å². The third kappa shape index (κ3) is 4.92. The normalized spacial score (nSPS) is 16.8. The molecule has 1 aliphatic heterocycles. The number of Topliss-reactive ketones (excluding diaryl/α,β-unsaturated/α-hetero) is 1. The first-order valence-corrected chi connectivity index (χ1v) is 11.2. The zero-order chi connectivity index (χ0) is 22.8. The van der Waals surface area contributed by atoms with Gasteiger partial charge in [-0.3, -0.25) is 14.4 Å². The van der Waals surface area contributed by atoms with Crippen molar-refractivity contribution in [2.75, 3.05) is 19.7 Å². The number of aryl methyl sites for hydroxylation is 1. The molecule has 7 heteroatoms. The number of piperidine rings is 1. The highest BCUT2D eigenvalue weighted by atomic mass is 19.1. The number of carbonyl (C=O) groups excluding carboxylic acids is 3. The maximum absolute atomic E-state index is 13.2. The summed E-state index contributed by atoms with van der Waals surface area (Å²) in [6.45, 7) is 5.17. The number of rotatable bonds is 7. The Hall–Kier alpha value is -2.96. The number of hydrogen-bond donors (Lipinski definition) is 0. The van der Waals surface area contributed by atoms with Crippen molar-refractivity contribution in [1.29, 1.82) is 0 Å². The van der Waals surface area contributed by atoms with E-state index in [0.29, 0.717) is 38.0 Å². The number of likely N-dealkylation sites (tertiary alicyclic amines) is 1. The maximum atomic E-state index is 13.2. The Kier molecular flexibility index (Phi) is 6.44. The summed E-state index contributed by atoms with van der Waals surface area (Å²) < 4.78 is 20.5. The van der Waals surface area contributed by atoms with Crippen LogP contribution in [-0.2, 0) is 20.9 Å². The summed E-state index contributed by atoms with van der Waals surface area (Å²) in [5, 5.41) is 0. The van der Waals surface area contributed by atoms with Crippen LogP contribution < -0.4 is 0 Å². The lowest BCUT2D eigenvalue weighted by Crippen LogP contribution is -2.41. The smallest absolute Gasteiger partial charge is 0.309 e. The van der Waals surface area contributed by atoms with Crippen LogP contribution in [0.4, 0.5) is 4.39 Å². The minimum atomic E-state index is -0.364. The molecule has 0 unspecified atom stereocenters. The first kappa shape index (κ1) is 22.2. The number of ketones is 1. The predicted octanol–water partition coefficient (Wildman–Crippen LogP) is 3.67. The van der Waals surface area contributed by atoms with Crippen molar-refractivity contribution in [1.82, 2.24) is 9.47 Å². The van der Waals surface area contributed by atoms with Gasteiger partial charge in [0.05, 0.1) is 5.92 Å². The van der Waals surface area contributed by atoms with Crippen LogP contribution in [0.25, 0.3) is 0 Å². The van der Waals surface area contributed by atoms with Crippen molar-refractivity contribution in [3.8, 4) is 0 Å². The second-order valence-electron chi connectivity index (χ2n) is 8.90. The fraction of sp³-hybridized carbons (Fsp3) is 0.480. The Balaban J connectivity index is 1.30. The highest BCUT2D eigenvalue weighted by Crippen LogP contribution is 2.32. The van der Waals surface area contributed by atoms with Crippen LogP contribution in [0, 0.1) is 31.5 Å². The molecule has 4 rings (SSSR count). The monoisotopic (exact) mass is 440 g/mol. The molecule has 1 amide bonds. The van der Waals surface area contributed by atoms with E-state index in [1.807, 2.05) is 23.3 Å².